The minimum absolute atomic E-state index is 0.164. The van der Waals surface area contributed by atoms with E-state index in [1.165, 1.54) is 0 Å². The highest BCUT2D eigenvalue weighted by Crippen LogP contribution is 2.43. The number of hydrogen-bond donors (Lipinski definition) is 1. The van der Waals surface area contributed by atoms with Crippen LogP contribution < -0.4 is 14.2 Å². The summed E-state index contributed by atoms with van der Waals surface area (Å²) in [6.07, 6.45) is 0. The maximum atomic E-state index is 12.3. The number of hydrogen-bond acceptors (Lipinski definition) is 4. The SMILES string of the molecule is COc1cc2c(OCc3ccccc3)cc(C(=O)O)c(-c3ccc(C)cc3)c2cc1OC. The molecule has 0 saturated heterocycles. The number of carbonyl (C=O) groups is 1. The number of benzene rings is 4. The van der Waals surface area contributed by atoms with E-state index in [1.807, 2.05) is 73.7 Å². The molecule has 0 radical (unpaired) electrons. The molecule has 32 heavy (non-hydrogen) atoms. The van der Waals surface area contributed by atoms with Gasteiger partial charge in [0, 0.05) is 10.9 Å². The van der Waals surface area contributed by atoms with Gasteiger partial charge in [-0.2, -0.15) is 0 Å². The van der Waals surface area contributed by atoms with E-state index in [4.69, 9.17) is 14.2 Å². The molecule has 0 aliphatic rings. The van der Waals surface area contributed by atoms with E-state index in [9.17, 15) is 9.90 Å². The molecule has 4 aromatic carbocycles. The average Bonchev–Trinajstić information content (AvgIpc) is 2.82. The molecular weight excluding hydrogens is 404 g/mol. The van der Waals surface area contributed by atoms with Crippen LogP contribution in [0, 0.1) is 6.92 Å². The predicted octanol–water partition coefficient (Wildman–Crippen LogP) is 6.11. The lowest BCUT2D eigenvalue weighted by Gasteiger charge is -2.18. The van der Waals surface area contributed by atoms with Gasteiger partial charge in [-0.3, -0.25) is 0 Å². The lowest BCUT2D eigenvalue weighted by atomic mass is 9.91. The molecule has 0 aliphatic heterocycles. The smallest absolute Gasteiger partial charge is 0.336 e. The fourth-order valence-electron chi connectivity index (χ4n) is 3.77. The molecule has 0 fully saturated rings. The molecule has 0 aromatic heterocycles. The van der Waals surface area contributed by atoms with E-state index in [0.29, 0.717) is 29.4 Å². The number of methoxy groups -OCH3 is 2. The van der Waals surface area contributed by atoms with Gasteiger partial charge in [0.2, 0.25) is 0 Å². The predicted molar refractivity (Wildman–Crippen MR) is 125 cm³/mol. The molecular formula is C27H24O5. The van der Waals surface area contributed by atoms with Crippen LogP contribution in [0.4, 0.5) is 0 Å². The molecule has 4 rings (SSSR count). The van der Waals surface area contributed by atoms with E-state index in [1.54, 1.807) is 20.3 Å². The Hall–Kier alpha value is -3.99. The van der Waals surface area contributed by atoms with Crippen LogP contribution in [-0.2, 0) is 6.61 Å². The Morgan fingerprint density at radius 2 is 1.44 bits per heavy atom. The summed E-state index contributed by atoms with van der Waals surface area (Å²) in [6, 6.07) is 22.8. The van der Waals surface area contributed by atoms with Gasteiger partial charge >= 0.3 is 5.97 Å². The maximum Gasteiger partial charge on any atom is 0.336 e. The quantitative estimate of drug-likeness (QED) is 0.385. The van der Waals surface area contributed by atoms with Crippen molar-refractivity contribution in [3.05, 3.63) is 89.5 Å². The highest BCUT2D eigenvalue weighted by atomic mass is 16.5. The minimum atomic E-state index is -1.03. The van der Waals surface area contributed by atoms with Crippen LogP contribution in [0.3, 0.4) is 0 Å². The summed E-state index contributed by atoms with van der Waals surface area (Å²) in [4.78, 5) is 12.3. The lowest BCUT2D eigenvalue weighted by Crippen LogP contribution is -2.04. The van der Waals surface area contributed by atoms with Gasteiger partial charge in [-0.15, -0.1) is 0 Å². The van der Waals surface area contributed by atoms with Gasteiger partial charge in [-0.1, -0.05) is 60.2 Å². The largest absolute Gasteiger partial charge is 0.493 e. The van der Waals surface area contributed by atoms with E-state index in [0.717, 1.165) is 27.5 Å². The standard InChI is InChI=1S/C27H24O5/c1-17-9-11-19(12-10-17)26-21-14-25(31-3)24(30-2)13-20(21)23(15-22(26)27(28)29)32-16-18-7-5-4-6-8-18/h4-15H,16H2,1-3H3,(H,28,29). The average molecular weight is 428 g/mol. The van der Waals surface area contributed by atoms with Crippen molar-refractivity contribution in [1.29, 1.82) is 0 Å². The van der Waals surface area contributed by atoms with Crippen molar-refractivity contribution in [2.75, 3.05) is 14.2 Å². The molecule has 0 bridgehead atoms. The Morgan fingerprint density at radius 1 is 0.812 bits per heavy atom. The number of rotatable bonds is 7. The highest BCUT2D eigenvalue weighted by Gasteiger charge is 2.21. The van der Waals surface area contributed by atoms with Gasteiger partial charge in [-0.05, 0) is 41.6 Å². The summed E-state index contributed by atoms with van der Waals surface area (Å²) >= 11 is 0. The van der Waals surface area contributed by atoms with Gasteiger partial charge in [0.05, 0.1) is 19.8 Å². The first-order chi connectivity index (χ1) is 15.5. The third-order valence-electron chi connectivity index (χ3n) is 5.41. The van der Waals surface area contributed by atoms with Crippen molar-refractivity contribution in [2.45, 2.75) is 13.5 Å². The first-order valence-corrected chi connectivity index (χ1v) is 10.2. The molecule has 0 amide bonds. The van der Waals surface area contributed by atoms with Gasteiger partial charge in [0.1, 0.15) is 12.4 Å². The van der Waals surface area contributed by atoms with Crippen LogP contribution in [0.2, 0.25) is 0 Å². The van der Waals surface area contributed by atoms with Crippen molar-refractivity contribution in [3.63, 3.8) is 0 Å². The van der Waals surface area contributed by atoms with E-state index in [-0.39, 0.29) is 5.56 Å². The molecule has 0 unspecified atom stereocenters. The molecule has 0 atom stereocenters. The highest BCUT2D eigenvalue weighted by molar-refractivity contribution is 6.10. The van der Waals surface area contributed by atoms with Crippen LogP contribution in [0.5, 0.6) is 17.2 Å². The second-order valence-electron chi connectivity index (χ2n) is 7.50. The Morgan fingerprint density at radius 3 is 2.03 bits per heavy atom. The summed E-state index contributed by atoms with van der Waals surface area (Å²) in [5, 5.41) is 11.5. The van der Waals surface area contributed by atoms with Crippen molar-refractivity contribution >= 4 is 16.7 Å². The molecule has 162 valence electrons. The number of carboxylic acid groups (broad SMARTS) is 1. The molecule has 0 aliphatic carbocycles. The van der Waals surface area contributed by atoms with Crippen LogP contribution in [-0.4, -0.2) is 25.3 Å². The van der Waals surface area contributed by atoms with Crippen LogP contribution in [0.15, 0.2) is 72.8 Å². The summed E-state index contributed by atoms with van der Waals surface area (Å²) in [6.45, 7) is 2.31. The van der Waals surface area contributed by atoms with Crippen molar-refractivity contribution in [3.8, 4) is 28.4 Å². The Kier molecular flexibility index (Phi) is 5.99. The maximum absolute atomic E-state index is 12.3. The lowest BCUT2D eigenvalue weighted by molar-refractivity contribution is 0.0697. The molecule has 0 spiro atoms. The Bertz CT molecular complexity index is 1260. The number of aromatic carboxylic acids is 1. The monoisotopic (exact) mass is 428 g/mol. The fraction of sp³-hybridized carbons (Fsp3) is 0.148. The summed E-state index contributed by atoms with van der Waals surface area (Å²) < 4.78 is 17.1. The van der Waals surface area contributed by atoms with Crippen molar-refractivity contribution < 1.29 is 24.1 Å². The van der Waals surface area contributed by atoms with E-state index in [2.05, 4.69) is 0 Å². The number of ether oxygens (including phenoxy) is 3. The zero-order chi connectivity index (χ0) is 22.7. The fourth-order valence-corrected chi connectivity index (χ4v) is 3.77. The van der Waals surface area contributed by atoms with Gasteiger partial charge < -0.3 is 19.3 Å². The van der Waals surface area contributed by atoms with Crippen LogP contribution >= 0.6 is 0 Å². The Labute approximate surface area is 186 Å². The van der Waals surface area contributed by atoms with Crippen molar-refractivity contribution in [1.82, 2.24) is 0 Å². The zero-order valence-electron chi connectivity index (χ0n) is 18.2. The Balaban J connectivity index is 1.98. The molecule has 0 heterocycles. The summed E-state index contributed by atoms with van der Waals surface area (Å²) in [5.41, 5.74) is 3.66. The summed E-state index contributed by atoms with van der Waals surface area (Å²) in [7, 11) is 3.13. The molecule has 5 heteroatoms. The van der Waals surface area contributed by atoms with Gasteiger partial charge in [-0.25, -0.2) is 4.79 Å². The van der Waals surface area contributed by atoms with Crippen molar-refractivity contribution in [2.24, 2.45) is 0 Å². The minimum Gasteiger partial charge on any atom is -0.493 e. The van der Waals surface area contributed by atoms with Gasteiger partial charge in [0.15, 0.2) is 11.5 Å². The van der Waals surface area contributed by atoms with E-state index < -0.39 is 5.97 Å². The summed E-state index contributed by atoms with van der Waals surface area (Å²) in [5.74, 6) is 0.507. The number of carboxylic acids is 1. The first-order valence-electron chi connectivity index (χ1n) is 10.2. The molecule has 5 nitrogen and oxygen atoms in total. The van der Waals surface area contributed by atoms with Crippen LogP contribution in [0.1, 0.15) is 21.5 Å². The number of aryl methyl sites for hydroxylation is 1. The van der Waals surface area contributed by atoms with Gasteiger partial charge in [0.25, 0.3) is 0 Å². The number of fused-ring (bicyclic) bond motifs is 1. The molecule has 1 N–H and O–H groups in total. The first kappa shape index (κ1) is 21.2. The second kappa shape index (κ2) is 9.02. The third-order valence-corrected chi connectivity index (χ3v) is 5.41. The topological polar surface area (TPSA) is 65.0 Å². The van der Waals surface area contributed by atoms with Crippen LogP contribution in [0.25, 0.3) is 21.9 Å². The molecule has 0 saturated carbocycles. The second-order valence-corrected chi connectivity index (χ2v) is 7.50. The molecule has 4 aromatic rings. The van der Waals surface area contributed by atoms with E-state index >= 15 is 0 Å². The third kappa shape index (κ3) is 4.10. The zero-order valence-corrected chi connectivity index (χ0v) is 18.2. The normalized spacial score (nSPS) is 10.7.